The standard InChI is InChI=1S/C14H15FO2/c1-2-9-4-3-5-11(9)10-6-7-13(15)12(8-10)14(16)17/h6-8H,2-5H2,1H3,(H,16,17). The summed E-state index contributed by atoms with van der Waals surface area (Å²) in [5.74, 6) is -1.88. The van der Waals surface area contributed by atoms with Crippen LogP contribution in [-0.2, 0) is 0 Å². The quantitative estimate of drug-likeness (QED) is 0.861. The van der Waals surface area contributed by atoms with Crippen LogP contribution >= 0.6 is 0 Å². The first kappa shape index (κ1) is 11.8. The van der Waals surface area contributed by atoms with Gasteiger partial charge in [-0.25, -0.2) is 9.18 Å². The summed E-state index contributed by atoms with van der Waals surface area (Å²) in [4.78, 5) is 10.9. The molecule has 0 aromatic heterocycles. The lowest BCUT2D eigenvalue weighted by Gasteiger charge is -2.07. The first-order valence-corrected chi connectivity index (χ1v) is 5.87. The van der Waals surface area contributed by atoms with Gasteiger partial charge in [0, 0.05) is 0 Å². The van der Waals surface area contributed by atoms with E-state index in [0.29, 0.717) is 0 Å². The van der Waals surface area contributed by atoms with Crippen LogP contribution < -0.4 is 0 Å². The summed E-state index contributed by atoms with van der Waals surface area (Å²) in [5.41, 5.74) is 3.19. The summed E-state index contributed by atoms with van der Waals surface area (Å²) in [6.45, 7) is 2.10. The zero-order chi connectivity index (χ0) is 12.4. The monoisotopic (exact) mass is 234 g/mol. The van der Waals surface area contributed by atoms with E-state index >= 15 is 0 Å². The molecule has 1 aliphatic rings. The van der Waals surface area contributed by atoms with Gasteiger partial charge in [0.2, 0.25) is 0 Å². The highest BCUT2D eigenvalue weighted by Crippen LogP contribution is 2.35. The maximum atomic E-state index is 13.3. The van der Waals surface area contributed by atoms with E-state index in [1.807, 2.05) is 0 Å². The van der Waals surface area contributed by atoms with E-state index in [0.717, 1.165) is 31.2 Å². The Morgan fingerprint density at radius 1 is 1.41 bits per heavy atom. The summed E-state index contributed by atoms with van der Waals surface area (Å²) in [5, 5.41) is 8.90. The first-order valence-electron chi connectivity index (χ1n) is 5.87. The predicted octanol–water partition coefficient (Wildman–Crippen LogP) is 3.87. The molecule has 90 valence electrons. The van der Waals surface area contributed by atoms with Crippen LogP contribution in [0.5, 0.6) is 0 Å². The Labute approximate surface area is 99.8 Å². The average Bonchev–Trinajstić information content (AvgIpc) is 2.77. The van der Waals surface area contributed by atoms with Gasteiger partial charge in [-0.15, -0.1) is 0 Å². The molecule has 0 fully saturated rings. The maximum absolute atomic E-state index is 13.3. The highest BCUT2D eigenvalue weighted by molar-refractivity contribution is 5.89. The van der Waals surface area contributed by atoms with Gasteiger partial charge in [0.25, 0.3) is 0 Å². The normalized spacial score (nSPS) is 15.4. The van der Waals surface area contributed by atoms with E-state index in [1.165, 1.54) is 23.3 Å². The Kier molecular flexibility index (Phi) is 3.27. The van der Waals surface area contributed by atoms with Crippen molar-refractivity contribution in [2.24, 2.45) is 0 Å². The predicted molar refractivity (Wildman–Crippen MR) is 64.4 cm³/mol. The van der Waals surface area contributed by atoms with Crippen LogP contribution in [0.4, 0.5) is 4.39 Å². The second-order valence-corrected chi connectivity index (χ2v) is 4.29. The zero-order valence-electron chi connectivity index (χ0n) is 9.79. The second-order valence-electron chi connectivity index (χ2n) is 4.29. The van der Waals surface area contributed by atoms with E-state index < -0.39 is 11.8 Å². The first-order chi connectivity index (χ1) is 8.13. The van der Waals surface area contributed by atoms with Gasteiger partial charge >= 0.3 is 5.97 Å². The van der Waals surface area contributed by atoms with Crippen molar-refractivity contribution in [2.75, 3.05) is 0 Å². The third kappa shape index (κ3) is 2.23. The minimum atomic E-state index is -1.21. The fourth-order valence-corrected chi connectivity index (χ4v) is 2.42. The third-order valence-electron chi connectivity index (χ3n) is 3.30. The van der Waals surface area contributed by atoms with Crippen molar-refractivity contribution in [3.63, 3.8) is 0 Å². The molecule has 1 N–H and O–H groups in total. The molecule has 0 saturated heterocycles. The summed E-state index contributed by atoms with van der Waals surface area (Å²) in [6, 6.07) is 4.38. The summed E-state index contributed by atoms with van der Waals surface area (Å²) >= 11 is 0. The second kappa shape index (κ2) is 4.70. The van der Waals surface area contributed by atoms with Crippen LogP contribution in [0, 0.1) is 5.82 Å². The van der Waals surface area contributed by atoms with E-state index in [2.05, 4.69) is 6.92 Å². The van der Waals surface area contributed by atoms with Gasteiger partial charge in [0.05, 0.1) is 5.56 Å². The molecule has 0 aliphatic heterocycles. The number of benzene rings is 1. The lowest BCUT2D eigenvalue weighted by atomic mass is 9.98. The Hall–Kier alpha value is -1.64. The highest BCUT2D eigenvalue weighted by atomic mass is 19.1. The molecule has 0 heterocycles. The Balaban J connectivity index is 2.47. The average molecular weight is 234 g/mol. The molecule has 17 heavy (non-hydrogen) atoms. The topological polar surface area (TPSA) is 37.3 Å². The smallest absolute Gasteiger partial charge is 0.338 e. The Morgan fingerprint density at radius 3 is 2.82 bits per heavy atom. The molecule has 1 aromatic carbocycles. The molecule has 2 nitrogen and oxygen atoms in total. The lowest BCUT2D eigenvalue weighted by molar-refractivity contribution is 0.0692. The minimum absolute atomic E-state index is 0.239. The number of carboxylic acids is 1. The fraction of sp³-hybridized carbons (Fsp3) is 0.357. The van der Waals surface area contributed by atoms with E-state index in [4.69, 9.17) is 5.11 Å². The van der Waals surface area contributed by atoms with Crippen LogP contribution in [0.15, 0.2) is 23.8 Å². The molecule has 2 rings (SSSR count). The number of hydrogen-bond acceptors (Lipinski definition) is 1. The molecule has 0 atom stereocenters. The molecule has 0 amide bonds. The zero-order valence-corrected chi connectivity index (χ0v) is 9.79. The van der Waals surface area contributed by atoms with Crippen LogP contribution in [0.1, 0.15) is 48.5 Å². The van der Waals surface area contributed by atoms with E-state index in [9.17, 15) is 9.18 Å². The molecule has 0 unspecified atom stereocenters. The van der Waals surface area contributed by atoms with Gasteiger partial charge in [-0.3, -0.25) is 0 Å². The molecular weight excluding hydrogens is 219 g/mol. The van der Waals surface area contributed by atoms with Crippen molar-refractivity contribution in [3.8, 4) is 0 Å². The van der Waals surface area contributed by atoms with Gasteiger partial charge in [-0.05, 0) is 49.0 Å². The summed E-state index contributed by atoms with van der Waals surface area (Å²) in [6.07, 6.45) is 4.13. The van der Waals surface area contributed by atoms with Gasteiger partial charge in [-0.1, -0.05) is 18.6 Å². The minimum Gasteiger partial charge on any atom is -0.478 e. The number of rotatable bonds is 3. The number of halogens is 1. The molecule has 0 saturated carbocycles. The molecule has 1 aromatic rings. The van der Waals surface area contributed by atoms with Gasteiger partial charge in [0.15, 0.2) is 0 Å². The Bertz CT molecular complexity index is 489. The van der Waals surface area contributed by atoms with Gasteiger partial charge in [-0.2, -0.15) is 0 Å². The van der Waals surface area contributed by atoms with Crippen LogP contribution in [0.25, 0.3) is 5.57 Å². The summed E-state index contributed by atoms with van der Waals surface area (Å²) in [7, 11) is 0. The van der Waals surface area contributed by atoms with Crippen LogP contribution in [-0.4, -0.2) is 11.1 Å². The van der Waals surface area contributed by atoms with Crippen molar-refractivity contribution < 1.29 is 14.3 Å². The molecule has 1 aliphatic carbocycles. The third-order valence-corrected chi connectivity index (χ3v) is 3.30. The summed E-state index contributed by atoms with van der Waals surface area (Å²) < 4.78 is 13.3. The van der Waals surface area contributed by atoms with E-state index in [-0.39, 0.29) is 5.56 Å². The van der Waals surface area contributed by atoms with Crippen molar-refractivity contribution >= 4 is 11.5 Å². The number of carbonyl (C=O) groups is 1. The fourth-order valence-electron chi connectivity index (χ4n) is 2.42. The number of carboxylic acid groups (broad SMARTS) is 1. The van der Waals surface area contributed by atoms with E-state index in [1.54, 1.807) is 6.07 Å². The van der Waals surface area contributed by atoms with Crippen LogP contribution in [0.3, 0.4) is 0 Å². The SMILES string of the molecule is CCC1=C(c2ccc(F)c(C(=O)O)c2)CCC1. The highest BCUT2D eigenvalue weighted by Gasteiger charge is 2.17. The van der Waals surface area contributed by atoms with Crippen molar-refractivity contribution in [2.45, 2.75) is 32.6 Å². The van der Waals surface area contributed by atoms with Crippen LogP contribution in [0.2, 0.25) is 0 Å². The van der Waals surface area contributed by atoms with Crippen molar-refractivity contribution in [1.29, 1.82) is 0 Å². The number of hydrogen-bond donors (Lipinski definition) is 1. The maximum Gasteiger partial charge on any atom is 0.338 e. The molecule has 0 spiro atoms. The van der Waals surface area contributed by atoms with Crippen molar-refractivity contribution in [3.05, 3.63) is 40.7 Å². The molecule has 0 bridgehead atoms. The lowest BCUT2D eigenvalue weighted by Crippen LogP contribution is -2.01. The molecular formula is C14H15FO2. The molecule has 0 radical (unpaired) electrons. The number of aromatic carboxylic acids is 1. The molecule has 3 heteroatoms. The van der Waals surface area contributed by atoms with Crippen molar-refractivity contribution in [1.82, 2.24) is 0 Å². The Morgan fingerprint density at radius 2 is 2.18 bits per heavy atom. The van der Waals surface area contributed by atoms with Gasteiger partial charge < -0.3 is 5.11 Å². The largest absolute Gasteiger partial charge is 0.478 e. The number of allylic oxidation sites excluding steroid dienone is 2. The van der Waals surface area contributed by atoms with Gasteiger partial charge in [0.1, 0.15) is 5.82 Å².